The Bertz CT molecular complexity index is 817. The van der Waals surface area contributed by atoms with Crippen molar-refractivity contribution in [2.75, 3.05) is 29.5 Å². The van der Waals surface area contributed by atoms with Crippen molar-refractivity contribution in [1.82, 2.24) is 0 Å². The van der Waals surface area contributed by atoms with Gasteiger partial charge in [-0.2, -0.15) is 0 Å². The summed E-state index contributed by atoms with van der Waals surface area (Å²) in [7, 11) is -1.87. The monoisotopic (exact) mass is 348 g/mol. The second-order valence-electron chi connectivity index (χ2n) is 5.16. The molecule has 0 heterocycles. The van der Waals surface area contributed by atoms with Gasteiger partial charge in [0.25, 0.3) is 5.91 Å². The third-order valence-corrected chi connectivity index (χ3v) is 4.63. The molecule has 24 heavy (non-hydrogen) atoms. The molecule has 0 saturated heterocycles. The van der Waals surface area contributed by atoms with Crippen molar-refractivity contribution in [2.45, 2.75) is 6.92 Å². The molecule has 0 atom stereocenters. The van der Waals surface area contributed by atoms with Crippen molar-refractivity contribution < 1.29 is 17.9 Å². The van der Waals surface area contributed by atoms with Crippen LogP contribution in [0.1, 0.15) is 17.3 Å². The van der Waals surface area contributed by atoms with E-state index >= 15 is 0 Å². The molecule has 128 valence electrons. The highest BCUT2D eigenvalue weighted by molar-refractivity contribution is 7.92. The van der Waals surface area contributed by atoms with Gasteiger partial charge in [0.1, 0.15) is 5.75 Å². The zero-order chi connectivity index (χ0) is 17.7. The molecule has 0 aliphatic carbocycles. The summed E-state index contributed by atoms with van der Waals surface area (Å²) >= 11 is 0. The summed E-state index contributed by atoms with van der Waals surface area (Å²) in [5.41, 5.74) is 1.50. The number of sulfonamides is 1. The van der Waals surface area contributed by atoms with Crippen molar-refractivity contribution >= 4 is 27.3 Å². The third-order valence-electron chi connectivity index (χ3n) is 3.43. The molecule has 2 rings (SSSR count). The van der Waals surface area contributed by atoms with Gasteiger partial charge < -0.3 is 10.1 Å². The van der Waals surface area contributed by atoms with E-state index in [1.807, 2.05) is 19.1 Å². The highest BCUT2D eigenvalue weighted by atomic mass is 32.2. The van der Waals surface area contributed by atoms with E-state index in [4.69, 9.17) is 4.74 Å². The fourth-order valence-electron chi connectivity index (χ4n) is 2.06. The van der Waals surface area contributed by atoms with E-state index in [1.165, 1.54) is 7.05 Å². The van der Waals surface area contributed by atoms with E-state index in [0.717, 1.165) is 10.6 Å². The number of amides is 1. The maximum absolute atomic E-state index is 12.4. The van der Waals surface area contributed by atoms with Crippen LogP contribution in [0.4, 0.5) is 11.4 Å². The van der Waals surface area contributed by atoms with Crippen LogP contribution < -0.4 is 14.4 Å². The van der Waals surface area contributed by atoms with Crippen LogP contribution in [-0.4, -0.2) is 34.2 Å². The Labute approximate surface area is 142 Å². The van der Waals surface area contributed by atoms with Gasteiger partial charge in [-0.1, -0.05) is 12.1 Å². The Hall–Kier alpha value is -2.54. The second-order valence-corrected chi connectivity index (χ2v) is 7.17. The minimum atomic E-state index is -3.33. The van der Waals surface area contributed by atoms with Crippen LogP contribution in [0.3, 0.4) is 0 Å². The molecule has 0 unspecified atom stereocenters. The molecule has 0 saturated carbocycles. The zero-order valence-corrected chi connectivity index (χ0v) is 14.6. The summed E-state index contributed by atoms with van der Waals surface area (Å²) in [5.74, 6) is 0.303. The molecule has 0 aliphatic heterocycles. The van der Waals surface area contributed by atoms with Crippen LogP contribution >= 0.6 is 0 Å². The summed E-state index contributed by atoms with van der Waals surface area (Å²) in [6, 6.07) is 13.5. The fraction of sp³-hybridized carbons (Fsp3) is 0.235. The number of hydrogen-bond acceptors (Lipinski definition) is 4. The van der Waals surface area contributed by atoms with E-state index in [1.54, 1.807) is 36.4 Å². The average molecular weight is 348 g/mol. The number of ether oxygens (including phenoxy) is 1. The maximum Gasteiger partial charge on any atom is 0.255 e. The highest BCUT2D eigenvalue weighted by Gasteiger charge is 2.13. The second kappa shape index (κ2) is 7.35. The molecule has 6 nitrogen and oxygen atoms in total. The van der Waals surface area contributed by atoms with Crippen LogP contribution in [0.2, 0.25) is 0 Å². The number of carbonyl (C=O) groups excluding carboxylic acids is 1. The fourth-order valence-corrected chi connectivity index (χ4v) is 2.56. The van der Waals surface area contributed by atoms with Gasteiger partial charge in [0.05, 0.1) is 24.2 Å². The Morgan fingerprint density at radius 1 is 1.12 bits per heavy atom. The number of hydrogen-bond donors (Lipinski definition) is 1. The normalized spacial score (nSPS) is 11.0. The smallest absolute Gasteiger partial charge is 0.255 e. The third kappa shape index (κ3) is 4.26. The molecule has 2 aromatic carbocycles. The van der Waals surface area contributed by atoms with Gasteiger partial charge in [0.15, 0.2) is 0 Å². The first kappa shape index (κ1) is 17.8. The first-order valence-corrected chi connectivity index (χ1v) is 9.25. The summed E-state index contributed by atoms with van der Waals surface area (Å²) in [5, 5.41) is 2.79. The highest BCUT2D eigenvalue weighted by Crippen LogP contribution is 2.24. The van der Waals surface area contributed by atoms with Crippen LogP contribution in [0.15, 0.2) is 48.5 Å². The quantitative estimate of drug-likeness (QED) is 0.871. The number of nitrogens with zero attached hydrogens (tertiary/aromatic N) is 1. The largest absolute Gasteiger partial charge is 0.492 e. The Morgan fingerprint density at radius 3 is 2.33 bits per heavy atom. The maximum atomic E-state index is 12.4. The Balaban J connectivity index is 2.17. The molecule has 0 fully saturated rings. The van der Waals surface area contributed by atoms with Gasteiger partial charge >= 0.3 is 0 Å². The standard InChI is InChI=1S/C17H20N2O4S/c1-4-23-16-8-6-5-7-15(16)18-17(20)13-9-11-14(12-10-13)19(2)24(3,21)22/h5-12H,4H2,1-3H3,(H,18,20). The Kier molecular flexibility index (Phi) is 5.46. The van der Waals surface area contributed by atoms with Crippen LogP contribution in [-0.2, 0) is 10.0 Å². The lowest BCUT2D eigenvalue weighted by molar-refractivity contribution is 0.102. The molecule has 0 radical (unpaired) electrons. The minimum Gasteiger partial charge on any atom is -0.492 e. The molecule has 0 bridgehead atoms. The molecule has 0 aliphatic rings. The van der Waals surface area contributed by atoms with Crippen LogP contribution in [0, 0.1) is 0 Å². The minimum absolute atomic E-state index is 0.296. The summed E-state index contributed by atoms with van der Waals surface area (Å²) in [6.45, 7) is 2.37. The summed E-state index contributed by atoms with van der Waals surface area (Å²) < 4.78 is 29.7. The van der Waals surface area contributed by atoms with Crippen molar-refractivity contribution in [3.05, 3.63) is 54.1 Å². The molecule has 0 spiro atoms. The first-order valence-electron chi connectivity index (χ1n) is 7.40. The number of para-hydroxylation sites is 2. The van der Waals surface area contributed by atoms with Gasteiger partial charge in [0.2, 0.25) is 10.0 Å². The van der Waals surface area contributed by atoms with Gasteiger partial charge in [0, 0.05) is 12.6 Å². The van der Waals surface area contributed by atoms with E-state index in [9.17, 15) is 13.2 Å². The molecule has 0 aromatic heterocycles. The van der Waals surface area contributed by atoms with Crippen molar-refractivity contribution in [3.63, 3.8) is 0 Å². The molecule has 7 heteroatoms. The van der Waals surface area contributed by atoms with E-state index in [0.29, 0.717) is 29.3 Å². The molecule has 2 aromatic rings. The lowest BCUT2D eigenvalue weighted by Gasteiger charge is -2.17. The van der Waals surface area contributed by atoms with Crippen molar-refractivity contribution in [2.24, 2.45) is 0 Å². The van der Waals surface area contributed by atoms with Gasteiger partial charge in [-0.15, -0.1) is 0 Å². The van der Waals surface area contributed by atoms with Gasteiger partial charge in [-0.25, -0.2) is 8.42 Å². The molecular weight excluding hydrogens is 328 g/mol. The number of anilines is 2. The van der Waals surface area contributed by atoms with E-state index < -0.39 is 10.0 Å². The first-order chi connectivity index (χ1) is 11.3. The predicted octanol–water partition coefficient (Wildman–Crippen LogP) is 2.73. The number of benzene rings is 2. The molecule has 1 N–H and O–H groups in total. The van der Waals surface area contributed by atoms with Crippen molar-refractivity contribution in [3.8, 4) is 5.75 Å². The SMILES string of the molecule is CCOc1ccccc1NC(=O)c1ccc(N(C)S(C)(=O)=O)cc1. The number of nitrogens with one attached hydrogen (secondary N) is 1. The summed E-state index contributed by atoms with van der Waals surface area (Å²) in [6.07, 6.45) is 1.12. The van der Waals surface area contributed by atoms with Gasteiger partial charge in [-0.05, 0) is 43.3 Å². The molecular formula is C17H20N2O4S. The van der Waals surface area contributed by atoms with Gasteiger partial charge in [-0.3, -0.25) is 9.10 Å². The van der Waals surface area contributed by atoms with E-state index in [2.05, 4.69) is 5.32 Å². The predicted molar refractivity (Wildman–Crippen MR) is 95.3 cm³/mol. The van der Waals surface area contributed by atoms with Crippen molar-refractivity contribution in [1.29, 1.82) is 0 Å². The number of rotatable bonds is 6. The zero-order valence-electron chi connectivity index (χ0n) is 13.8. The molecule has 1 amide bonds. The average Bonchev–Trinajstić information content (AvgIpc) is 2.55. The lowest BCUT2D eigenvalue weighted by Crippen LogP contribution is -2.24. The van der Waals surface area contributed by atoms with Crippen LogP contribution in [0.5, 0.6) is 5.75 Å². The Morgan fingerprint density at radius 2 is 1.75 bits per heavy atom. The topological polar surface area (TPSA) is 75.7 Å². The van der Waals surface area contributed by atoms with E-state index in [-0.39, 0.29) is 5.91 Å². The summed E-state index contributed by atoms with van der Waals surface area (Å²) in [4.78, 5) is 12.4. The van der Waals surface area contributed by atoms with Crippen LogP contribution in [0.25, 0.3) is 0 Å². The lowest BCUT2D eigenvalue weighted by atomic mass is 10.2. The number of carbonyl (C=O) groups is 1.